The predicted octanol–water partition coefficient (Wildman–Crippen LogP) is 7.68. The van der Waals surface area contributed by atoms with Crippen molar-refractivity contribution in [3.8, 4) is 6.07 Å². The summed E-state index contributed by atoms with van der Waals surface area (Å²) in [4.78, 5) is 2.54. The predicted molar refractivity (Wildman–Crippen MR) is 132 cm³/mol. The van der Waals surface area contributed by atoms with Gasteiger partial charge in [0.15, 0.2) is 0 Å². The molecule has 3 rings (SSSR count). The van der Waals surface area contributed by atoms with Crippen LogP contribution in [0.2, 0.25) is 10.0 Å². The molecule has 0 bridgehead atoms. The van der Waals surface area contributed by atoms with Gasteiger partial charge in [-0.25, -0.2) is 0 Å². The molecule has 0 saturated heterocycles. The second kappa shape index (κ2) is 11.9. The van der Waals surface area contributed by atoms with Crippen LogP contribution >= 0.6 is 23.2 Å². The lowest BCUT2D eigenvalue weighted by Gasteiger charge is -2.35. The SMILES string of the molecule is CCCN(CCCC(C#N)(c1c(Cl)cccc1Cl)C1CCCC1)CCc1ccccc1. The van der Waals surface area contributed by atoms with Crippen molar-refractivity contribution < 1.29 is 0 Å². The molecule has 166 valence electrons. The Labute approximate surface area is 198 Å². The Hall–Kier alpha value is -1.53. The number of nitriles is 1. The molecule has 1 atom stereocenters. The van der Waals surface area contributed by atoms with E-state index in [2.05, 4.69) is 48.2 Å². The van der Waals surface area contributed by atoms with Crippen molar-refractivity contribution in [2.75, 3.05) is 19.6 Å². The highest BCUT2D eigenvalue weighted by Gasteiger charge is 2.44. The van der Waals surface area contributed by atoms with Crippen molar-refractivity contribution in [3.63, 3.8) is 0 Å². The van der Waals surface area contributed by atoms with E-state index in [4.69, 9.17) is 23.2 Å². The molecule has 0 heterocycles. The van der Waals surface area contributed by atoms with Gasteiger partial charge in [0.05, 0.1) is 11.5 Å². The van der Waals surface area contributed by atoms with Gasteiger partial charge in [0, 0.05) is 22.2 Å². The first-order valence-electron chi connectivity index (χ1n) is 11.7. The molecule has 2 aromatic rings. The molecule has 31 heavy (non-hydrogen) atoms. The number of rotatable bonds is 11. The third-order valence-electron chi connectivity index (χ3n) is 6.81. The number of hydrogen-bond donors (Lipinski definition) is 0. The van der Waals surface area contributed by atoms with Gasteiger partial charge < -0.3 is 4.90 Å². The highest BCUT2D eigenvalue weighted by molar-refractivity contribution is 6.36. The topological polar surface area (TPSA) is 27.0 Å². The molecule has 1 saturated carbocycles. The van der Waals surface area contributed by atoms with Gasteiger partial charge in [-0.3, -0.25) is 0 Å². The van der Waals surface area contributed by atoms with E-state index in [0.29, 0.717) is 16.0 Å². The van der Waals surface area contributed by atoms with E-state index in [1.165, 1.54) is 18.4 Å². The van der Waals surface area contributed by atoms with E-state index in [1.807, 2.05) is 18.2 Å². The Bertz CT molecular complexity index is 835. The van der Waals surface area contributed by atoms with Gasteiger partial charge in [0.1, 0.15) is 0 Å². The average Bonchev–Trinajstić information content (AvgIpc) is 3.32. The minimum absolute atomic E-state index is 0.332. The first-order valence-corrected chi connectivity index (χ1v) is 12.5. The molecule has 0 spiro atoms. The van der Waals surface area contributed by atoms with Gasteiger partial charge in [-0.2, -0.15) is 5.26 Å². The number of hydrogen-bond acceptors (Lipinski definition) is 2. The molecular formula is C27H34Cl2N2. The summed E-state index contributed by atoms with van der Waals surface area (Å²) in [7, 11) is 0. The summed E-state index contributed by atoms with van der Waals surface area (Å²) in [6.45, 7) is 5.37. The van der Waals surface area contributed by atoms with Gasteiger partial charge in [-0.05, 0) is 75.2 Å². The molecule has 4 heteroatoms. The van der Waals surface area contributed by atoms with Crippen LogP contribution in [-0.2, 0) is 11.8 Å². The molecule has 0 amide bonds. The first kappa shape index (κ1) is 24.1. The van der Waals surface area contributed by atoms with Crippen molar-refractivity contribution >= 4 is 23.2 Å². The zero-order valence-corrected chi connectivity index (χ0v) is 20.1. The second-order valence-corrected chi connectivity index (χ2v) is 9.66. The summed E-state index contributed by atoms with van der Waals surface area (Å²) in [5, 5.41) is 11.7. The van der Waals surface area contributed by atoms with Crippen LogP contribution in [0.5, 0.6) is 0 Å². The fourth-order valence-corrected chi connectivity index (χ4v) is 5.98. The molecule has 1 aliphatic carbocycles. The van der Waals surface area contributed by atoms with Crippen LogP contribution in [0.1, 0.15) is 63.0 Å². The lowest BCUT2D eigenvalue weighted by molar-refractivity contribution is 0.247. The fraction of sp³-hybridized carbons (Fsp3) is 0.519. The first-order chi connectivity index (χ1) is 15.1. The summed E-state index contributed by atoms with van der Waals surface area (Å²) in [5.41, 5.74) is 1.64. The van der Waals surface area contributed by atoms with Crippen LogP contribution in [0.3, 0.4) is 0 Å². The maximum Gasteiger partial charge on any atom is 0.0879 e. The monoisotopic (exact) mass is 456 g/mol. The van der Waals surface area contributed by atoms with E-state index in [-0.39, 0.29) is 0 Å². The molecule has 1 fully saturated rings. The highest BCUT2D eigenvalue weighted by atomic mass is 35.5. The Morgan fingerprint density at radius 3 is 2.26 bits per heavy atom. The molecule has 0 radical (unpaired) electrons. The lowest BCUT2D eigenvalue weighted by atomic mass is 9.67. The highest BCUT2D eigenvalue weighted by Crippen LogP contribution is 2.49. The Kier molecular flexibility index (Phi) is 9.27. The lowest BCUT2D eigenvalue weighted by Crippen LogP contribution is -2.35. The number of nitrogens with zero attached hydrogens (tertiary/aromatic N) is 2. The Balaban J connectivity index is 1.73. The Morgan fingerprint density at radius 1 is 0.968 bits per heavy atom. The third kappa shape index (κ3) is 6.04. The van der Waals surface area contributed by atoms with E-state index < -0.39 is 5.41 Å². The average molecular weight is 457 g/mol. The fourth-order valence-electron chi connectivity index (χ4n) is 5.24. The molecule has 2 aromatic carbocycles. The molecule has 0 aromatic heterocycles. The molecule has 1 aliphatic rings. The third-order valence-corrected chi connectivity index (χ3v) is 7.44. The largest absolute Gasteiger partial charge is 0.303 e. The standard InChI is InChI=1S/C27H34Cl2N2/c1-2-18-31(20-16-22-10-4-3-5-11-22)19-9-17-27(21-30,23-12-6-7-13-23)26-24(28)14-8-15-25(26)29/h3-5,8,10-11,14-15,23H,2,6-7,9,12-13,16-20H2,1H3. The van der Waals surface area contributed by atoms with Gasteiger partial charge in [-0.15, -0.1) is 0 Å². The van der Waals surface area contributed by atoms with Crippen LogP contribution in [0.25, 0.3) is 0 Å². The quantitative estimate of drug-likeness (QED) is 0.346. The van der Waals surface area contributed by atoms with Gasteiger partial charge in [-0.1, -0.05) is 79.4 Å². The zero-order chi connectivity index (χ0) is 22.1. The van der Waals surface area contributed by atoms with E-state index >= 15 is 0 Å². The van der Waals surface area contributed by atoms with Crippen molar-refractivity contribution in [3.05, 3.63) is 69.7 Å². The number of benzene rings is 2. The van der Waals surface area contributed by atoms with Crippen LogP contribution in [-0.4, -0.2) is 24.5 Å². The summed E-state index contributed by atoms with van der Waals surface area (Å²) in [6, 6.07) is 19.0. The number of halogens is 2. The summed E-state index contributed by atoms with van der Waals surface area (Å²) < 4.78 is 0. The maximum atomic E-state index is 10.5. The molecule has 1 unspecified atom stereocenters. The molecule has 0 N–H and O–H groups in total. The Morgan fingerprint density at radius 2 is 1.65 bits per heavy atom. The van der Waals surface area contributed by atoms with Crippen molar-refractivity contribution in [1.82, 2.24) is 4.90 Å². The van der Waals surface area contributed by atoms with Crippen molar-refractivity contribution in [2.45, 2.75) is 63.7 Å². The van der Waals surface area contributed by atoms with Crippen molar-refractivity contribution in [2.24, 2.45) is 5.92 Å². The smallest absolute Gasteiger partial charge is 0.0879 e. The molecular weight excluding hydrogens is 423 g/mol. The van der Waals surface area contributed by atoms with Crippen molar-refractivity contribution in [1.29, 1.82) is 5.26 Å². The normalized spacial score (nSPS) is 16.4. The summed E-state index contributed by atoms with van der Waals surface area (Å²) in [5.74, 6) is 0.332. The van der Waals surface area contributed by atoms with Gasteiger partial charge >= 0.3 is 0 Å². The van der Waals surface area contributed by atoms with E-state index in [0.717, 1.165) is 63.7 Å². The van der Waals surface area contributed by atoms with Crippen LogP contribution in [0, 0.1) is 17.2 Å². The van der Waals surface area contributed by atoms with Crippen LogP contribution in [0.15, 0.2) is 48.5 Å². The summed E-state index contributed by atoms with van der Waals surface area (Å²) in [6.07, 6.45) is 8.53. The van der Waals surface area contributed by atoms with E-state index in [1.54, 1.807) is 0 Å². The second-order valence-electron chi connectivity index (χ2n) is 8.84. The van der Waals surface area contributed by atoms with E-state index in [9.17, 15) is 5.26 Å². The minimum Gasteiger partial charge on any atom is -0.303 e. The van der Waals surface area contributed by atoms with Crippen LogP contribution < -0.4 is 0 Å². The van der Waals surface area contributed by atoms with Gasteiger partial charge in [0.25, 0.3) is 0 Å². The maximum absolute atomic E-state index is 10.5. The van der Waals surface area contributed by atoms with Crippen LogP contribution in [0.4, 0.5) is 0 Å². The minimum atomic E-state index is -0.594. The van der Waals surface area contributed by atoms with Gasteiger partial charge in [0.2, 0.25) is 0 Å². The molecule has 0 aliphatic heterocycles. The zero-order valence-electron chi connectivity index (χ0n) is 18.6. The molecule has 2 nitrogen and oxygen atoms in total. The summed E-state index contributed by atoms with van der Waals surface area (Å²) >= 11 is 13.3.